The summed E-state index contributed by atoms with van der Waals surface area (Å²) < 4.78 is 12.7. The minimum absolute atomic E-state index is 0.537. The Morgan fingerprint density at radius 3 is 0.883 bits per heavy atom. The molecule has 0 bridgehead atoms. The molecule has 0 saturated heterocycles. The highest BCUT2D eigenvalue weighted by molar-refractivity contribution is 9.11. The molecule has 608 valence electrons. The van der Waals surface area contributed by atoms with Crippen LogP contribution in [-0.2, 0) is 0 Å². The summed E-state index contributed by atoms with van der Waals surface area (Å²) in [4.78, 5) is 52.8. The Balaban J connectivity index is 0.000000104. The predicted molar refractivity (Wildman–Crippen MR) is 533 cm³/mol. The molecular weight excluding hydrogens is 1840 g/mol. The average Bonchev–Trinajstić information content (AvgIpc) is 1.59. The van der Waals surface area contributed by atoms with Gasteiger partial charge in [0.05, 0.1) is 56.2 Å². The van der Waals surface area contributed by atoms with Crippen molar-refractivity contribution in [2.45, 2.75) is 0 Å². The van der Waals surface area contributed by atoms with Crippen LogP contribution in [0.2, 0.25) is 0 Å². The number of rotatable bonds is 12. The minimum atomic E-state index is 0.537. The Morgan fingerprint density at radius 2 is 0.500 bits per heavy atom. The molecular formula is C109H69Br4N15. The van der Waals surface area contributed by atoms with E-state index in [0.717, 1.165) is 191 Å². The molecule has 0 aliphatic heterocycles. The first kappa shape index (κ1) is 79.9. The highest BCUT2D eigenvalue weighted by Gasteiger charge is 2.24. The van der Waals surface area contributed by atoms with Crippen molar-refractivity contribution < 1.29 is 0 Å². The number of fused-ring (bicyclic) bond motifs is 12. The Morgan fingerprint density at radius 1 is 0.180 bits per heavy atom. The summed E-state index contributed by atoms with van der Waals surface area (Å²) in [5, 5.41) is 9.02. The zero-order valence-corrected chi connectivity index (χ0v) is 74.4. The third kappa shape index (κ3) is 16.0. The Kier molecular flexibility index (Phi) is 22.1. The van der Waals surface area contributed by atoms with Gasteiger partial charge in [-0.05, 0) is 175 Å². The summed E-state index contributed by atoms with van der Waals surface area (Å²) in [6.07, 6.45) is 11.0. The van der Waals surface area contributed by atoms with E-state index in [-0.39, 0.29) is 0 Å². The maximum absolute atomic E-state index is 5.11. The molecule has 0 amide bonds. The monoisotopic (exact) mass is 1900 g/mol. The van der Waals surface area contributed by atoms with Crippen LogP contribution in [-0.4, -0.2) is 73.1 Å². The highest BCUT2D eigenvalue weighted by Crippen LogP contribution is 2.42. The first-order valence-electron chi connectivity index (χ1n) is 41.4. The number of halogens is 4. The predicted octanol–water partition coefficient (Wildman–Crippen LogP) is 28.9. The molecule has 11 aromatic carbocycles. The summed E-state index contributed by atoms with van der Waals surface area (Å²) in [5.74, 6) is 2.63. The van der Waals surface area contributed by atoms with Crippen molar-refractivity contribution in [3.63, 3.8) is 0 Å². The van der Waals surface area contributed by atoms with E-state index in [0.29, 0.717) is 17.6 Å². The van der Waals surface area contributed by atoms with Crippen LogP contribution in [0, 0.1) is 0 Å². The first-order valence-corrected chi connectivity index (χ1v) is 44.6. The average molecular weight is 1910 g/mol. The summed E-state index contributed by atoms with van der Waals surface area (Å²) in [7, 11) is 0. The Hall–Kier alpha value is -15.3. The van der Waals surface area contributed by atoms with E-state index in [1.807, 2.05) is 224 Å². The topological polar surface area (TPSA) is 162 Å². The van der Waals surface area contributed by atoms with Gasteiger partial charge in [0.1, 0.15) is 28.4 Å². The zero-order chi connectivity index (χ0) is 86.0. The fraction of sp³-hybridized carbons (Fsp3) is 0. The van der Waals surface area contributed by atoms with Crippen molar-refractivity contribution in [2.24, 2.45) is 0 Å². The van der Waals surface area contributed by atoms with Crippen LogP contribution in [0.4, 0.5) is 0 Å². The molecule has 0 aliphatic rings. The number of hydrogen-bond acceptors (Lipinski definition) is 11. The minimum Gasteiger partial charge on any atom is -0.294 e. The molecule has 0 radical (unpaired) electrons. The molecule has 0 N–H and O–H groups in total. The Bertz CT molecular complexity index is 7030. The molecule has 24 aromatic rings. The maximum atomic E-state index is 5.11. The smallest absolute Gasteiger partial charge is 0.240 e. The fourth-order valence-corrected chi connectivity index (χ4v) is 18.0. The van der Waals surface area contributed by atoms with Gasteiger partial charge in [-0.3, -0.25) is 28.2 Å². The van der Waals surface area contributed by atoms with E-state index in [2.05, 4.69) is 286 Å². The number of benzene rings is 11. The van der Waals surface area contributed by atoms with Crippen LogP contribution in [0.15, 0.2) is 437 Å². The van der Waals surface area contributed by atoms with Crippen molar-refractivity contribution in [3.8, 4) is 113 Å². The van der Waals surface area contributed by atoms with E-state index in [1.165, 1.54) is 10.8 Å². The van der Waals surface area contributed by atoms with Gasteiger partial charge >= 0.3 is 0 Å². The molecule has 0 atom stereocenters. The lowest BCUT2D eigenvalue weighted by atomic mass is 10.0. The third-order valence-corrected chi connectivity index (χ3v) is 24.3. The second-order valence-corrected chi connectivity index (χ2v) is 34.0. The molecule has 15 nitrogen and oxygen atoms in total. The second-order valence-electron chi connectivity index (χ2n) is 30.4. The van der Waals surface area contributed by atoms with Crippen molar-refractivity contribution >= 4 is 151 Å². The summed E-state index contributed by atoms with van der Waals surface area (Å²) in [5.41, 5.74) is 24.0. The van der Waals surface area contributed by atoms with Crippen LogP contribution in [0.1, 0.15) is 0 Å². The van der Waals surface area contributed by atoms with E-state index in [9.17, 15) is 0 Å². The van der Waals surface area contributed by atoms with Crippen molar-refractivity contribution in [1.82, 2.24) is 73.1 Å². The zero-order valence-electron chi connectivity index (χ0n) is 68.1. The number of nitrogens with zero attached hydrogens (tertiary/aromatic N) is 15. The van der Waals surface area contributed by atoms with E-state index in [1.54, 1.807) is 6.20 Å². The number of aromatic nitrogens is 15. The molecule has 0 saturated carbocycles. The molecule has 13 heterocycles. The molecule has 0 fully saturated rings. The quantitative estimate of drug-likeness (QED) is 0.114. The molecule has 128 heavy (non-hydrogen) atoms. The van der Waals surface area contributed by atoms with Crippen LogP contribution < -0.4 is 0 Å². The Labute approximate surface area is 768 Å². The summed E-state index contributed by atoms with van der Waals surface area (Å²) in [6.45, 7) is 0. The molecule has 24 rings (SSSR count). The lowest BCUT2D eigenvalue weighted by Gasteiger charge is -2.13. The van der Waals surface area contributed by atoms with Gasteiger partial charge in [-0.15, -0.1) is 0 Å². The van der Waals surface area contributed by atoms with Gasteiger partial charge < -0.3 is 0 Å². The normalized spacial score (nSPS) is 11.3. The van der Waals surface area contributed by atoms with Crippen LogP contribution in [0.3, 0.4) is 0 Å². The standard InChI is InChI=1S/2C28H18BrN3.C27H17BrN4.C26H16BrN5/c29-22-13-14-23-24-12-7-15-30-28(24)32(26(23)18-22)27-17-21(19-8-3-1-4-9-19)16-25(31-27)20-10-5-2-6-11-20;29-21-13-14-23-24-12-7-15-30-28(24)32(27(23)16-21)22-17-25(19-8-3-1-4-9-19)31-26(18-22)20-10-5-2-6-11-20;28-20-9-10-22-23-6-5-13-31-27(23)32(26(22)17-20)21-15-18(24-7-1-3-11-29-24)14-19(16-21)25-8-2-4-12-30-25;27-19-13-14-20-21-12-7-15-28-25(21)32(22(20)16-19)26-30-23(17-8-3-1-4-9-17)29-24(31-26)18-10-5-2-6-11-18/h2*1-18H;1-17H;1-16H. The van der Waals surface area contributed by atoms with Crippen LogP contribution >= 0.6 is 63.7 Å². The second kappa shape index (κ2) is 35.4. The van der Waals surface area contributed by atoms with Gasteiger partial charge in [0.25, 0.3) is 0 Å². The van der Waals surface area contributed by atoms with Crippen LogP contribution in [0.5, 0.6) is 0 Å². The molecule has 0 aliphatic carbocycles. The molecule has 13 aromatic heterocycles. The van der Waals surface area contributed by atoms with Gasteiger partial charge in [-0.25, -0.2) is 34.9 Å². The number of hydrogen-bond donors (Lipinski definition) is 0. The number of pyridine rings is 8. The first-order chi connectivity index (χ1) is 63.1. The van der Waals surface area contributed by atoms with E-state index >= 15 is 0 Å². The van der Waals surface area contributed by atoms with Gasteiger partial charge in [0.15, 0.2) is 11.6 Å². The largest absolute Gasteiger partial charge is 0.294 e. The van der Waals surface area contributed by atoms with Gasteiger partial charge in [0, 0.05) is 143 Å². The molecule has 19 heteroatoms. The van der Waals surface area contributed by atoms with E-state index in [4.69, 9.17) is 39.9 Å². The fourth-order valence-electron chi connectivity index (χ4n) is 16.6. The van der Waals surface area contributed by atoms with Crippen LogP contribution in [0.25, 0.3) is 201 Å². The highest BCUT2D eigenvalue weighted by atomic mass is 79.9. The lowest BCUT2D eigenvalue weighted by molar-refractivity contribution is 0.944. The maximum Gasteiger partial charge on any atom is 0.240 e. The van der Waals surface area contributed by atoms with Gasteiger partial charge in [0.2, 0.25) is 5.95 Å². The molecule has 0 unspecified atom stereocenters. The van der Waals surface area contributed by atoms with E-state index < -0.39 is 0 Å². The summed E-state index contributed by atoms with van der Waals surface area (Å²) in [6, 6.07) is 130. The SMILES string of the molecule is Brc1ccc2c3cccnc3n(-c3cc(-c4ccccc4)cc(-c4ccccc4)n3)c2c1.Brc1ccc2c3cccnc3n(-c3cc(-c4ccccc4)nc(-c4ccccc4)c3)c2c1.Brc1ccc2c3cccnc3n(-c3cc(-c4ccccn4)cc(-c4ccccn4)c3)c2c1.Brc1ccc2c3cccnc3n(-c3nc(-c4ccccc4)nc(-c4ccccc4)n3)c2c1. The van der Waals surface area contributed by atoms with Crippen molar-refractivity contribution in [3.05, 3.63) is 437 Å². The molecule has 0 spiro atoms. The summed E-state index contributed by atoms with van der Waals surface area (Å²) >= 11 is 14.6. The van der Waals surface area contributed by atoms with Crippen molar-refractivity contribution in [1.29, 1.82) is 0 Å². The third-order valence-electron chi connectivity index (χ3n) is 22.4. The van der Waals surface area contributed by atoms with Gasteiger partial charge in [-0.2, -0.15) is 9.97 Å². The lowest BCUT2D eigenvalue weighted by Crippen LogP contribution is -2.06. The van der Waals surface area contributed by atoms with Crippen molar-refractivity contribution in [2.75, 3.05) is 0 Å². The van der Waals surface area contributed by atoms with Gasteiger partial charge in [-0.1, -0.05) is 282 Å².